The predicted octanol–water partition coefficient (Wildman–Crippen LogP) is 2.59. The van der Waals surface area contributed by atoms with Crippen molar-refractivity contribution in [2.45, 2.75) is 58.0 Å². The van der Waals surface area contributed by atoms with Gasteiger partial charge in [-0.1, -0.05) is 38.1 Å². The van der Waals surface area contributed by atoms with E-state index in [1.165, 1.54) is 21.7 Å². The van der Waals surface area contributed by atoms with Crippen LogP contribution in [0, 0.1) is 0 Å². The van der Waals surface area contributed by atoms with E-state index in [4.69, 9.17) is 4.98 Å². The Kier molecular flexibility index (Phi) is 6.32. The van der Waals surface area contributed by atoms with Crippen LogP contribution in [0.5, 0.6) is 0 Å². The Morgan fingerprint density at radius 2 is 1.94 bits per heavy atom. The van der Waals surface area contributed by atoms with Gasteiger partial charge in [0, 0.05) is 38.5 Å². The van der Waals surface area contributed by atoms with Gasteiger partial charge in [-0.15, -0.1) is 0 Å². The van der Waals surface area contributed by atoms with Gasteiger partial charge in [0.25, 0.3) is 5.56 Å². The molecule has 7 nitrogen and oxygen atoms in total. The average molecular weight is 445 g/mol. The van der Waals surface area contributed by atoms with Crippen LogP contribution in [0.25, 0.3) is 0 Å². The van der Waals surface area contributed by atoms with Crippen LogP contribution in [0.1, 0.15) is 66.7 Å². The van der Waals surface area contributed by atoms with Crippen LogP contribution in [-0.4, -0.2) is 53.5 Å². The summed E-state index contributed by atoms with van der Waals surface area (Å²) in [4.78, 5) is 22.9. The molecule has 0 saturated carbocycles. The largest absolute Gasteiger partial charge is 0.310 e. The van der Waals surface area contributed by atoms with Crippen molar-refractivity contribution in [2.75, 3.05) is 25.9 Å². The number of H-pyrrole nitrogens is 1. The van der Waals surface area contributed by atoms with Gasteiger partial charge in [-0.25, -0.2) is 13.4 Å². The number of hydrogen-bond acceptors (Lipinski definition) is 5. The molecule has 0 amide bonds. The Labute approximate surface area is 184 Å². The van der Waals surface area contributed by atoms with Crippen LogP contribution in [0.2, 0.25) is 0 Å². The molecule has 2 aliphatic heterocycles. The Morgan fingerprint density at radius 1 is 1.19 bits per heavy atom. The fourth-order valence-electron chi connectivity index (χ4n) is 4.58. The zero-order valence-electron chi connectivity index (χ0n) is 18.6. The highest BCUT2D eigenvalue weighted by atomic mass is 32.2. The lowest BCUT2D eigenvalue weighted by Gasteiger charge is -2.33. The van der Waals surface area contributed by atoms with E-state index in [9.17, 15) is 13.2 Å². The van der Waals surface area contributed by atoms with Gasteiger partial charge in [0.1, 0.15) is 5.82 Å². The van der Waals surface area contributed by atoms with Crippen molar-refractivity contribution in [3.8, 4) is 0 Å². The molecule has 0 spiro atoms. The highest BCUT2D eigenvalue weighted by Gasteiger charge is 2.29. The maximum atomic E-state index is 12.7. The molecule has 1 aromatic carbocycles. The van der Waals surface area contributed by atoms with Crippen LogP contribution in [0.15, 0.2) is 29.1 Å². The first-order valence-electron chi connectivity index (χ1n) is 11.1. The van der Waals surface area contributed by atoms with E-state index in [1.807, 2.05) is 0 Å². The summed E-state index contributed by atoms with van der Waals surface area (Å²) in [5.74, 6) is 1.47. The fraction of sp³-hybridized carbons (Fsp3) is 0.565. The van der Waals surface area contributed by atoms with E-state index in [1.54, 1.807) is 0 Å². The third-order valence-corrected chi connectivity index (χ3v) is 7.72. The van der Waals surface area contributed by atoms with E-state index in [0.717, 1.165) is 44.0 Å². The molecule has 2 aromatic rings. The first kappa shape index (κ1) is 22.2. The van der Waals surface area contributed by atoms with Gasteiger partial charge in [0.15, 0.2) is 0 Å². The van der Waals surface area contributed by atoms with Crippen molar-refractivity contribution in [2.24, 2.45) is 0 Å². The van der Waals surface area contributed by atoms with E-state index in [0.29, 0.717) is 24.4 Å². The molecule has 31 heavy (non-hydrogen) atoms. The van der Waals surface area contributed by atoms with Crippen molar-refractivity contribution in [1.29, 1.82) is 0 Å². The molecule has 2 aliphatic rings. The minimum atomic E-state index is -3.31. The number of piperidine rings is 1. The molecular weight excluding hydrogens is 412 g/mol. The number of fused-ring (bicyclic) bond motifs is 1. The molecule has 1 saturated heterocycles. The summed E-state index contributed by atoms with van der Waals surface area (Å²) in [6.45, 7) is 7.70. The second kappa shape index (κ2) is 8.84. The average Bonchev–Trinajstić information content (AvgIpc) is 2.73. The van der Waals surface area contributed by atoms with Crippen LogP contribution in [-0.2, 0) is 29.5 Å². The van der Waals surface area contributed by atoms with Crippen LogP contribution < -0.4 is 5.56 Å². The SMILES string of the molecule is CC(C)c1ccc(CN2CCC[C@H](c3nc4c(c(=O)[nH]3)CN(S(C)(=O)=O)CC4)C2)cc1. The van der Waals surface area contributed by atoms with Crippen molar-refractivity contribution < 1.29 is 8.42 Å². The highest BCUT2D eigenvalue weighted by Crippen LogP contribution is 2.27. The molecule has 0 aliphatic carbocycles. The Balaban J connectivity index is 1.47. The molecule has 0 bridgehead atoms. The molecule has 1 N–H and O–H groups in total. The number of rotatable bonds is 5. The molecule has 1 atom stereocenters. The standard InChI is InChI=1S/C23H32N4O3S/c1-16(2)18-8-6-17(7-9-18)13-26-11-4-5-19(14-26)22-24-21-10-12-27(31(3,29)30)15-20(21)23(28)25-22/h6-9,16,19H,4-5,10-15H2,1-3H3,(H,24,25,28)/t19-/m0/s1. The summed E-state index contributed by atoms with van der Waals surface area (Å²) >= 11 is 0. The number of nitrogens with zero attached hydrogens (tertiary/aromatic N) is 3. The summed E-state index contributed by atoms with van der Waals surface area (Å²) in [7, 11) is -3.31. The van der Waals surface area contributed by atoms with E-state index in [-0.39, 0.29) is 18.0 Å². The second-order valence-corrected chi connectivity index (χ2v) is 11.2. The third kappa shape index (κ3) is 5.07. The molecule has 1 fully saturated rings. The van der Waals surface area contributed by atoms with Crippen LogP contribution in [0.3, 0.4) is 0 Å². The predicted molar refractivity (Wildman–Crippen MR) is 122 cm³/mol. The molecule has 4 rings (SSSR count). The lowest BCUT2D eigenvalue weighted by molar-refractivity contribution is 0.196. The Morgan fingerprint density at radius 3 is 2.61 bits per heavy atom. The summed E-state index contributed by atoms with van der Waals surface area (Å²) in [5.41, 5.74) is 3.69. The molecular formula is C23H32N4O3S. The molecule has 0 radical (unpaired) electrons. The summed E-state index contributed by atoms with van der Waals surface area (Å²) in [5, 5.41) is 0. The van der Waals surface area contributed by atoms with Crippen LogP contribution >= 0.6 is 0 Å². The number of benzene rings is 1. The molecule has 168 valence electrons. The normalized spacial score (nSPS) is 20.7. The minimum Gasteiger partial charge on any atom is -0.310 e. The number of likely N-dealkylation sites (tertiary alicyclic amines) is 1. The minimum absolute atomic E-state index is 0.111. The maximum absolute atomic E-state index is 12.7. The third-order valence-electron chi connectivity index (χ3n) is 6.47. The van der Waals surface area contributed by atoms with Gasteiger partial charge in [-0.2, -0.15) is 4.31 Å². The first-order chi connectivity index (χ1) is 14.7. The highest BCUT2D eigenvalue weighted by molar-refractivity contribution is 7.88. The quantitative estimate of drug-likeness (QED) is 0.766. The molecule has 8 heteroatoms. The van der Waals surface area contributed by atoms with Crippen LogP contribution in [0.4, 0.5) is 0 Å². The fourth-order valence-corrected chi connectivity index (χ4v) is 5.37. The zero-order chi connectivity index (χ0) is 22.2. The van der Waals surface area contributed by atoms with Crippen molar-refractivity contribution in [1.82, 2.24) is 19.2 Å². The van der Waals surface area contributed by atoms with E-state index in [2.05, 4.69) is 48.0 Å². The van der Waals surface area contributed by atoms with Gasteiger partial charge >= 0.3 is 0 Å². The Hall–Kier alpha value is -2.03. The summed E-state index contributed by atoms with van der Waals surface area (Å²) in [6, 6.07) is 8.85. The maximum Gasteiger partial charge on any atom is 0.255 e. The molecule has 0 unspecified atom stereocenters. The van der Waals surface area contributed by atoms with Crippen molar-refractivity contribution >= 4 is 10.0 Å². The Bertz CT molecular complexity index is 1090. The monoisotopic (exact) mass is 444 g/mol. The van der Waals surface area contributed by atoms with Gasteiger partial charge in [-0.3, -0.25) is 9.69 Å². The second-order valence-electron chi connectivity index (χ2n) is 9.19. The number of aromatic amines is 1. The number of hydrogen-bond donors (Lipinski definition) is 1. The lowest BCUT2D eigenvalue weighted by Crippen LogP contribution is -2.40. The van der Waals surface area contributed by atoms with Crippen molar-refractivity contribution in [3.05, 3.63) is 62.8 Å². The molecule has 3 heterocycles. The van der Waals surface area contributed by atoms with Gasteiger partial charge in [-0.05, 0) is 36.4 Å². The first-order valence-corrected chi connectivity index (χ1v) is 12.9. The number of sulfonamides is 1. The number of aromatic nitrogens is 2. The van der Waals surface area contributed by atoms with Gasteiger partial charge < -0.3 is 4.98 Å². The lowest BCUT2D eigenvalue weighted by atomic mass is 9.95. The van der Waals surface area contributed by atoms with Gasteiger partial charge in [0.05, 0.1) is 17.5 Å². The summed E-state index contributed by atoms with van der Waals surface area (Å²) < 4.78 is 25.0. The summed E-state index contributed by atoms with van der Waals surface area (Å²) in [6.07, 6.45) is 3.73. The van der Waals surface area contributed by atoms with E-state index >= 15 is 0 Å². The molecule has 1 aromatic heterocycles. The number of nitrogens with one attached hydrogen (secondary N) is 1. The zero-order valence-corrected chi connectivity index (χ0v) is 19.4. The van der Waals surface area contributed by atoms with Crippen molar-refractivity contribution in [3.63, 3.8) is 0 Å². The smallest absolute Gasteiger partial charge is 0.255 e. The topological polar surface area (TPSA) is 86.4 Å². The van der Waals surface area contributed by atoms with Gasteiger partial charge in [0.2, 0.25) is 10.0 Å². The van der Waals surface area contributed by atoms with E-state index < -0.39 is 10.0 Å².